The second-order valence-corrected chi connectivity index (χ2v) is 6.71. The van der Waals surface area contributed by atoms with Gasteiger partial charge in [0.05, 0.1) is 6.04 Å². The van der Waals surface area contributed by atoms with Crippen LogP contribution in [0.4, 0.5) is 0 Å². The first-order valence-corrected chi connectivity index (χ1v) is 7.25. The molecule has 2 N–H and O–H groups in total. The zero-order valence-electron chi connectivity index (χ0n) is 13.8. The third kappa shape index (κ3) is 4.97. The molecule has 1 rings (SSSR count). The molecule has 0 saturated carbocycles. The van der Waals surface area contributed by atoms with Crippen LogP contribution in [0.2, 0.25) is 0 Å². The van der Waals surface area contributed by atoms with E-state index in [1.807, 2.05) is 27.7 Å². The second-order valence-electron chi connectivity index (χ2n) is 6.71. The summed E-state index contributed by atoms with van der Waals surface area (Å²) in [7, 11) is 0. The highest BCUT2D eigenvalue weighted by molar-refractivity contribution is 5.82. The van der Waals surface area contributed by atoms with Crippen LogP contribution in [0.15, 0.2) is 18.2 Å². The van der Waals surface area contributed by atoms with Crippen LogP contribution in [0, 0.1) is 13.8 Å². The molecule has 0 aliphatic rings. The van der Waals surface area contributed by atoms with Gasteiger partial charge in [0.15, 0.2) is 0 Å². The van der Waals surface area contributed by atoms with Crippen molar-refractivity contribution in [2.45, 2.75) is 66.1 Å². The monoisotopic (exact) mass is 276 g/mol. The quantitative estimate of drug-likeness (QED) is 0.886. The van der Waals surface area contributed by atoms with Gasteiger partial charge in [0, 0.05) is 11.6 Å². The Kier molecular flexibility index (Phi) is 5.35. The van der Waals surface area contributed by atoms with Crippen molar-refractivity contribution in [1.29, 1.82) is 0 Å². The van der Waals surface area contributed by atoms with Crippen molar-refractivity contribution in [2.24, 2.45) is 0 Å². The smallest absolute Gasteiger partial charge is 0.237 e. The van der Waals surface area contributed by atoms with Crippen LogP contribution in [0.5, 0.6) is 0 Å². The largest absolute Gasteiger partial charge is 0.350 e. The van der Waals surface area contributed by atoms with Gasteiger partial charge in [-0.2, -0.15) is 0 Å². The minimum atomic E-state index is -0.218. The molecular weight excluding hydrogens is 248 g/mol. The van der Waals surface area contributed by atoms with E-state index in [4.69, 9.17) is 0 Å². The van der Waals surface area contributed by atoms with Crippen molar-refractivity contribution in [1.82, 2.24) is 10.6 Å². The minimum Gasteiger partial charge on any atom is -0.350 e. The molecule has 3 heteroatoms. The van der Waals surface area contributed by atoms with Crippen molar-refractivity contribution < 1.29 is 4.79 Å². The van der Waals surface area contributed by atoms with Crippen LogP contribution in [-0.4, -0.2) is 17.5 Å². The molecule has 0 fully saturated rings. The summed E-state index contributed by atoms with van der Waals surface area (Å²) in [6.45, 7) is 14.2. The fourth-order valence-electron chi connectivity index (χ4n) is 2.24. The maximum Gasteiger partial charge on any atom is 0.237 e. The highest BCUT2D eigenvalue weighted by Crippen LogP contribution is 2.19. The van der Waals surface area contributed by atoms with Gasteiger partial charge in [-0.1, -0.05) is 23.8 Å². The van der Waals surface area contributed by atoms with Gasteiger partial charge in [0.2, 0.25) is 5.91 Å². The minimum absolute atomic E-state index is 0.0367. The Morgan fingerprint density at radius 2 is 1.75 bits per heavy atom. The SMILES string of the molecule is Cc1ccc(C)c(C(C)NC(C)C(=O)NC(C)(C)C)c1. The summed E-state index contributed by atoms with van der Waals surface area (Å²) in [5, 5.41) is 6.37. The predicted octanol–water partition coefficient (Wildman–Crippen LogP) is 3.26. The topological polar surface area (TPSA) is 41.1 Å². The van der Waals surface area contributed by atoms with E-state index in [1.165, 1.54) is 16.7 Å². The molecule has 1 aromatic carbocycles. The first kappa shape index (κ1) is 16.7. The molecule has 2 unspecified atom stereocenters. The van der Waals surface area contributed by atoms with Crippen LogP contribution in [0.1, 0.15) is 57.4 Å². The summed E-state index contributed by atoms with van der Waals surface area (Å²) >= 11 is 0. The maximum atomic E-state index is 12.1. The fourth-order valence-corrected chi connectivity index (χ4v) is 2.24. The van der Waals surface area contributed by atoms with Gasteiger partial charge in [-0.15, -0.1) is 0 Å². The Morgan fingerprint density at radius 3 is 2.30 bits per heavy atom. The molecule has 20 heavy (non-hydrogen) atoms. The number of aryl methyl sites for hydroxylation is 2. The van der Waals surface area contributed by atoms with E-state index in [2.05, 4.69) is 49.6 Å². The third-order valence-electron chi connectivity index (χ3n) is 3.29. The van der Waals surface area contributed by atoms with Gasteiger partial charge in [-0.05, 0) is 59.6 Å². The highest BCUT2D eigenvalue weighted by atomic mass is 16.2. The van der Waals surface area contributed by atoms with Gasteiger partial charge < -0.3 is 5.32 Å². The molecule has 0 heterocycles. The lowest BCUT2D eigenvalue weighted by molar-refractivity contribution is -0.124. The number of rotatable bonds is 4. The number of benzene rings is 1. The summed E-state index contributed by atoms with van der Waals surface area (Å²) in [4.78, 5) is 12.1. The molecule has 2 atom stereocenters. The molecule has 0 saturated heterocycles. The molecule has 0 aliphatic heterocycles. The normalized spacial score (nSPS) is 14.8. The number of carbonyl (C=O) groups is 1. The Labute approximate surface area is 123 Å². The average molecular weight is 276 g/mol. The summed E-state index contributed by atoms with van der Waals surface area (Å²) in [6, 6.07) is 6.35. The molecule has 0 spiro atoms. The van der Waals surface area contributed by atoms with E-state index >= 15 is 0 Å². The molecule has 3 nitrogen and oxygen atoms in total. The standard InChI is InChI=1S/C17H28N2O/c1-11-8-9-12(2)15(10-11)13(3)18-14(4)16(20)19-17(5,6)7/h8-10,13-14,18H,1-7H3,(H,19,20). The van der Waals surface area contributed by atoms with Crippen LogP contribution in [0.3, 0.4) is 0 Å². The fraction of sp³-hybridized carbons (Fsp3) is 0.588. The van der Waals surface area contributed by atoms with E-state index in [-0.39, 0.29) is 23.5 Å². The first-order valence-electron chi connectivity index (χ1n) is 7.25. The van der Waals surface area contributed by atoms with E-state index in [9.17, 15) is 4.79 Å². The molecule has 112 valence electrons. The number of hydrogen-bond acceptors (Lipinski definition) is 2. The molecule has 0 bridgehead atoms. The summed E-state index contributed by atoms with van der Waals surface area (Å²) in [5.74, 6) is 0.0367. The number of carbonyl (C=O) groups excluding carboxylic acids is 1. The molecule has 0 aliphatic carbocycles. The molecule has 0 aromatic heterocycles. The molecular formula is C17H28N2O. The van der Waals surface area contributed by atoms with Crippen LogP contribution < -0.4 is 10.6 Å². The summed E-state index contributed by atoms with van der Waals surface area (Å²) in [5.41, 5.74) is 3.54. The number of nitrogens with one attached hydrogen (secondary N) is 2. The van der Waals surface area contributed by atoms with Gasteiger partial charge in [-0.3, -0.25) is 10.1 Å². The Morgan fingerprint density at radius 1 is 1.15 bits per heavy atom. The average Bonchev–Trinajstić information content (AvgIpc) is 2.29. The zero-order valence-corrected chi connectivity index (χ0v) is 13.8. The van der Waals surface area contributed by atoms with Crippen LogP contribution in [-0.2, 0) is 4.79 Å². The Balaban J connectivity index is 2.72. The van der Waals surface area contributed by atoms with Crippen molar-refractivity contribution in [3.63, 3.8) is 0 Å². The number of hydrogen-bond donors (Lipinski definition) is 2. The lowest BCUT2D eigenvalue weighted by atomic mass is 9.99. The van der Waals surface area contributed by atoms with E-state index < -0.39 is 0 Å². The molecule has 1 aromatic rings. The van der Waals surface area contributed by atoms with Crippen LogP contribution >= 0.6 is 0 Å². The van der Waals surface area contributed by atoms with Crippen molar-refractivity contribution in [3.8, 4) is 0 Å². The first-order chi connectivity index (χ1) is 9.10. The zero-order chi connectivity index (χ0) is 15.5. The van der Waals surface area contributed by atoms with Gasteiger partial charge in [0.1, 0.15) is 0 Å². The summed E-state index contributed by atoms with van der Waals surface area (Å²) < 4.78 is 0. The Bertz CT molecular complexity index is 474. The van der Waals surface area contributed by atoms with E-state index in [0.717, 1.165) is 0 Å². The lowest BCUT2D eigenvalue weighted by Crippen LogP contribution is -2.50. The molecule has 1 amide bonds. The van der Waals surface area contributed by atoms with Crippen LogP contribution in [0.25, 0.3) is 0 Å². The predicted molar refractivity (Wildman–Crippen MR) is 84.8 cm³/mol. The van der Waals surface area contributed by atoms with Crippen molar-refractivity contribution in [3.05, 3.63) is 34.9 Å². The summed E-state index contributed by atoms with van der Waals surface area (Å²) in [6.07, 6.45) is 0. The lowest BCUT2D eigenvalue weighted by Gasteiger charge is -2.26. The van der Waals surface area contributed by atoms with Gasteiger partial charge in [0.25, 0.3) is 0 Å². The van der Waals surface area contributed by atoms with Crippen molar-refractivity contribution >= 4 is 5.91 Å². The van der Waals surface area contributed by atoms with E-state index in [0.29, 0.717) is 0 Å². The number of amides is 1. The van der Waals surface area contributed by atoms with E-state index in [1.54, 1.807) is 0 Å². The highest BCUT2D eigenvalue weighted by Gasteiger charge is 2.21. The van der Waals surface area contributed by atoms with Gasteiger partial charge in [-0.25, -0.2) is 0 Å². The van der Waals surface area contributed by atoms with Gasteiger partial charge >= 0.3 is 0 Å². The third-order valence-corrected chi connectivity index (χ3v) is 3.29. The van der Waals surface area contributed by atoms with Crippen molar-refractivity contribution in [2.75, 3.05) is 0 Å². The Hall–Kier alpha value is -1.35. The molecule has 0 radical (unpaired) electrons. The second kappa shape index (κ2) is 6.40. The maximum absolute atomic E-state index is 12.1.